The van der Waals surface area contributed by atoms with Crippen molar-refractivity contribution in [2.75, 3.05) is 13.7 Å². The van der Waals surface area contributed by atoms with Crippen LogP contribution in [0.3, 0.4) is 0 Å². The molecule has 6 nitrogen and oxygen atoms in total. The van der Waals surface area contributed by atoms with E-state index in [4.69, 9.17) is 9.47 Å². The van der Waals surface area contributed by atoms with Gasteiger partial charge < -0.3 is 19.7 Å². The summed E-state index contributed by atoms with van der Waals surface area (Å²) in [5, 5.41) is 2.72. The van der Waals surface area contributed by atoms with E-state index >= 15 is 0 Å². The lowest BCUT2D eigenvalue weighted by Crippen LogP contribution is -2.52. The number of likely N-dealkylation sites (tertiary alicyclic amines) is 1. The number of amides is 2. The van der Waals surface area contributed by atoms with Gasteiger partial charge in [0.1, 0.15) is 16.9 Å². The maximum atomic E-state index is 12.7. The minimum absolute atomic E-state index is 0.0934. The highest BCUT2D eigenvalue weighted by atomic mass is 16.6. The molecule has 1 N–H and O–H groups in total. The van der Waals surface area contributed by atoms with E-state index in [1.165, 1.54) is 0 Å². The van der Waals surface area contributed by atoms with Gasteiger partial charge in [0.25, 0.3) is 0 Å². The summed E-state index contributed by atoms with van der Waals surface area (Å²) in [6.45, 7) is 8.23. The molecule has 1 saturated heterocycles. The summed E-state index contributed by atoms with van der Waals surface area (Å²) in [6.07, 6.45) is -0.00836. The lowest BCUT2D eigenvalue weighted by Gasteiger charge is -2.27. The SMILES string of the molecule is COc1ccc(CN2CC[C@@](C)(NC(=O)OC(C)(C)C)C2=O)cc1. The summed E-state index contributed by atoms with van der Waals surface area (Å²) >= 11 is 0. The number of benzene rings is 1. The Morgan fingerprint density at radius 1 is 1.29 bits per heavy atom. The maximum absolute atomic E-state index is 12.7. The number of hydrogen-bond acceptors (Lipinski definition) is 4. The van der Waals surface area contributed by atoms with Crippen molar-refractivity contribution in [3.05, 3.63) is 29.8 Å². The van der Waals surface area contributed by atoms with Gasteiger partial charge in [-0.05, 0) is 51.8 Å². The zero-order chi connectivity index (χ0) is 18.0. The van der Waals surface area contributed by atoms with Gasteiger partial charge >= 0.3 is 6.09 Å². The van der Waals surface area contributed by atoms with Crippen LogP contribution in [-0.4, -0.2) is 41.7 Å². The largest absolute Gasteiger partial charge is 0.497 e. The minimum atomic E-state index is -0.922. The molecular weight excluding hydrogens is 308 g/mol. The molecule has 1 heterocycles. The van der Waals surface area contributed by atoms with Crippen LogP contribution >= 0.6 is 0 Å². The van der Waals surface area contributed by atoms with Gasteiger partial charge in [0.2, 0.25) is 5.91 Å². The molecule has 0 aliphatic carbocycles. The quantitative estimate of drug-likeness (QED) is 0.919. The Hall–Kier alpha value is -2.24. The predicted molar refractivity (Wildman–Crippen MR) is 90.8 cm³/mol. The number of methoxy groups -OCH3 is 1. The first-order valence-corrected chi connectivity index (χ1v) is 8.06. The van der Waals surface area contributed by atoms with Crippen LogP contribution in [0.25, 0.3) is 0 Å². The summed E-state index contributed by atoms with van der Waals surface area (Å²) in [6, 6.07) is 7.61. The van der Waals surface area contributed by atoms with E-state index in [9.17, 15) is 9.59 Å². The monoisotopic (exact) mass is 334 g/mol. The standard InChI is InChI=1S/C18H26N2O4/c1-17(2,3)24-16(22)19-18(4)10-11-20(15(18)21)12-13-6-8-14(23-5)9-7-13/h6-9H,10-12H2,1-5H3,(H,19,22)/t18-/m1/s1. The third kappa shape index (κ3) is 4.40. The zero-order valence-electron chi connectivity index (χ0n) is 15.0. The molecule has 1 aliphatic rings. The Bertz CT molecular complexity index is 606. The fourth-order valence-electron chi connectivity index (χ4n) is 2.66. The second-order valence-electron chi connectivity index (χ2n) is 7.28. The van der Waals surface area contributed by atoms with Crippen molar-refractivity contribution in [2.45, 2.75) is 51.8 Å². The van der Waals surface area contributed by atoms with Crippen molar-refractivity contribution in [3.63, 3.8) is 0 Å². The van der Waals surface area contributed by atoms with Crippen LogP contribution in [0.15, 0.2) is 24.3 Å². The van der Waals surface area contributed by atoms with Crippen molar-refractivity contribution in [1.29, 1.82) is 0 Å². The van der Waals surface area contributed by atoms with Crippen LogP contribution in [0.4, 0.5) is 4.79 Å². The molecule has 24 heavy (non-hydrogen) atoms. The first-order chi connectivity index (χ1) is 11.1. The fraction of sp³-hybridized carbons (Fsp3) is 0.556. The lowest BCUT2D eigenvalue weighted by atomic mass is 10.0. The van der Waals surface area contributed by atoms with Crippen LogP contribution in [-0.2, 0) is 16.1 Å². The summed E-state index contributed by atoms with van der Waals surface area (Å²) in [4.78, 5) is 26.4. The second kappa shape index (κ2) is 6.71. The van der Waals surface area contributed by atoms with Gasteiger partial charge in [-0.25, -0.2) is 4.79 Å². The smallest absolute Gasteiger partial charge is 0.408 e. The molecule has 2 amide bonds. The van der Waals surface area contributed by atoms with Gasteiger partial charge in [-0.2, -0.15) is 0 Å². The first kappa shape index (κ1) is 18.1. The van der Waals surface area contributed by atoms with Gasteiger partial charge in [0.05, 0.1) is 7.11 Å². The van der Waals surface area contributed by atoms with Crippen molar-refractivity contribution in [2.24, 2.45) is 0 Å². The van der Waals surface area contributed by atoms with Crippen molar-refractivity contribution in [1.82, 2.24) is 10.2 Å². The third-order valence-corrected chi connectivity index (χ3v) is 3.95. The Morgan fingerprint density at radius 2 is 1.92 bits per heavy atom. The molecule has 1 fully saturated rings. The van der Waals surface area contributed by atoms with E-state index in [1.807, 2.05) is 24.3 Å². The number of carbonyl (C=O) groups excluding carboxylic acids is 2. The summed E-state index contributed by atoms with van der Waals surface area (Å²) < 4.78 is 10.4. The average Bonchev–Trinajstić information content (AvgIpc) is 2.74. The van der Waals surface area contributed by atoms with Gasteiger partial charge in [0.15, 0.2) is 0 Å². The molecule has 0 spiro atoms. The van der Waals surface area contributed by atoms with Crippen molar-refractivity contribution < 1.29 is 19.1 Å². The highest BCUT2D eigenvalue weighted by Gasteiger charge is 2.44. The Labute approximate surface area is 143 Å². The fourth-order valence-corrected chi connectivity index (χ4v) is 2.66. The molecule has 2 rings (SSSR count). The van der Waals surface area contributed by atoms with E-state index in [1.54, 1.807) is 39.7 Å². The molecule has 1 aliphatic heterocycles. The van der Waals surface area contributed by atoms with E-state index in [-0.39, 0.29) is 5.91 Å². The molecule has 0 aromatic heterocycles. The van der Waals surface area contributed by atoms with Crippen LogP contribution in [0.5, 0.6) is 5.75 Å². The molecule has 1 aromatic rings. The van der Waals surface area contributed by atoms with Gasteiger partial charge in [-0.3, -0.25) is 4.79 Å². The Kier molecular flexibility index (Phi) is 5.06. The molecule has 0 unspecified atom stereocenters. The normalized spacial score (nSPS) is 20.9. The molecule has 6 heteroatoms. The second-order valence-corrected chi connectivity index (χ2v) is 7.28. The van der Waals surface area contributed by atoms with Gasteiger partial charge in [-0.1, -0.05) is 12.1 Å². The number of hydrogen-bond donors (Lipinski definition) is 1. The molecule has 1 aromatic carbocycles. The third-order valence-electron chi connectivity index (χ3n) is 3.95. The van der Waals surface area contributed by atoms with Crippen LogP contribution < -0.4 is 10.1 Å². The molecule has 132 valence electrons. The van der Waals surface area contributed by atoms with Gasteiger partial charge in [0, 0.05) is 13.1 Å². The number of nitrogens with zero attached hydrogens (tertiary/aromatic N) is 1. The van der Waals surface area contributed by atoms with E-state index in [0.29, 0.717) is 19.5 Å². The Morgan fingerprint density at radius 3 is 2.46 bits per heavy atom. The average molecular weight is 334 g/mol. The summed E-state index contributed by atoms with van der Waals surface area (Å²) in [5.41, 5.74) is -0.495. The summed E-state index contributed by atoms with van der Waals surface area (Å²) in [7, 11) is 1.62. The number of carbonyl (C=O) groups is 2. The molecule has 0 radical (unpaired) electrons. The topological polar surface area (TPSA) is 67.9 Å². The molecule has 0 saturated carbocycles. The van der Waals surface area contributed by atoms with Crippen LogP contribution in [0.2, 0.25) is 0 Å². The molecule has 0 bridgehead atoms. The number of rotatable bonds is 4. The highest BCUT2D eigenvalue weighted by Crippen LogP contribution is 2.25. The van der Waals surface area contributed by atoms with Crippen LogP contribution in [0, 0.1) is 0 Å². The zero-order valence-corrected chi connectivity index (χ0v) is 15.0. The van der Waals surface area contributed by atoms with Crippen molar-refractivity contribution in [3.8, 4) is 5.75 Å². The van der Waals surface area contributed by atoms with Crippen LogP contribution in [0.1, 0.15) is 39.7 Å². The van der Waals surface area contributed by atoms with Crippen molar-refractivity contribution >= 4 is 12.0 Å². The number of alkyl carbamates (subject to hydrolysis) is 1. The Balaban J connectivity index is 1.98. The predicted octanol–water partition coefficient (Wildman–Crippen LogP) is 2.71. The maximum Gasteiger partial charge on any atom is 0.408 e. The van der Waals surface area contributed by atoms with E-state index < -0.39 is 17.2 Å². The number of ether oxygens (including phenoxy) is 2. The molecular formula is C18H26N2O4. The minimum Gasteiger partial charge on any atom is -0.497 e. The van der Waals surface area contributed by atoms with Gasteiger partial charge in [-0.15, -0.1) is 0 Å². The van der Waals surface area contributed by atoms with E-state index in [0.717, 1.165) is 11.3 Å². The van der Waals surface area contributed by atoms with E-state index in [2.05, 4.69) is 5.32 Å². The summed E-state index contributed by atoms with van der Waals surface area (Å²) in [5.74, 6) is 0.687. The first-order valence-electron chi connectivity index (χ1n) is 8.06. The lowest BCUT2D eigenvalue weighted by molar-refractivity contribution is -0.133. The number of nitrogens with one attached hydrogen (secondary N) is 1. The highest BCUT2D eigenvalue weighted by molar-refractivity contribution is 5.91. The molecule has 1 atom stereocenters.